The first-order valence-electron chi connectivity index (χ1n) is 6.04. The van der Waals surface area contributed by atoms with Gasteiger partial charge in [-0.05, 0) is 43.1 Å². The molecular weight excluding hydrogens is 296 g/mol. The van der Waals surface area contributed by atoms with Crippen molar-refractivity contribution in [2.24, 2.45) is 11.7 Å². The topological polar surface area (TPSA) is 66.6 Å². The Morgan fingerprint density at radius 3 is 2.89 bits per heavy atom. The van der Waals surface area contributed by atoms with E-state index >= 15 is 0 Å². The summed E-state index contributed by atoms with van der Waals surface area (Å²) in [5.41, 5.74) is 7.11. The first-order valence-corrected chi connectivity index (χ1v) is 6.83. The Hall–Kier alpha value is -0.910. The molecule has 1 atom stereocenters. The summed E-state index contributed by atoms with van der Waals surface area (Å²) in [5, 5.41) is 8.91. The molecule has 1 heterocycles. The molecule has 98 valence electrons. The maximum atomic E-state index is 10.8. The minimum Gasteiger partial charge on any atom is -0.478 e. The van der Waals surface area contributed by atoms with Gasteiger partial charge in [-0.2, -0.15) is 0 Å². The number of benzene rings is 1. The number of nitrogens with two attached hydrogens (primary N) is 1. The van der Waals surface area contributed by atoms with Gasteiger partial charge in [-0.15, -0.1) is 0 Å². The monoisotopic (exact) mass is 312 g/mol. The van der Waals surface area contributed by atoms with Crippen LogP contribution in [0.3, 0.4) is 0 Å². The van der Waals surface area contributed by atoms with Crippen molar-refractivity contribution in [3.05, 3.63) is 33.8 Å². The van der Waals surface area contributed by atoms with Gasteiger partial charge < -0.3 is 10.8 Å². The third-order valence-electron chi connectivity index (χ3n) is 3.40. The molecule has 4 nitrogen and oxygen atoms in total. The van der Waals surface area contributed by atoms with Crippen LogP contribution in [0.5, 0.6) is 0 Å². The molecule has 0 aromatic heterocycles. The Morgan fingerprint density at radius 1 is 1.56 bits per heavy atom. The third-order valence-corrected chi connectivity index (χ3v) is 4.14. The molecule has 18 heavy (non-hydrogen) atoms. The van der Waals surface area contributed by atoms with E-state index in [-0.39, 0.29) is 0 Å². The third kappa shape index (κ3) is 3.10. The lowest BCUT2D eigenvalue weighted by molar-refractivity contribution is 0.0697. The minimum absolute atomic E-state index is 0.312. The highest BCUT2D eigenvalue weighted by molar-refractivity contribution is 9.10. The van der Waals surface area contributed by atoms with Crippen molar-refractivity contribution in [3.8, 4) is 0 Å². The van der Waals surface area contributed by atoms with Crippen molar-refractivity contribution in [1.82, 2.24) is 4.90 Å². The lowest BCUT2D eigenvalue weighted by Gasteiger charge is -2.17. The molecule has 1 aromatic rings. The Labute approximate surface area is 115 Å². The van der Waals surface area contributed by atoms with E-state index in [0.29, 0.717) is 11.5 Å². The summed E-state index contributed by atoms with van der Waals surface area (Å²) in [6.07, 6.45) is 1.15. The number of carboxylic acid groups (broad SMARTS) is 1. The lowest BCUT2D eigenvalue weighted by Crippen LogP contribution is -2.23. The molecule has 0 aliphatic carbocycles. The Bertz CT molecular complexity index is 451. The van der Waals surface area contributed by atoms with Crippen LogP contribution in [0.25, 0.3) is 0 Å². The van der Waals surface area contributed by atoms with Crippen LogP contribution in [-0.4, -0.2) is 35.6 Å². The van der Waals surface area contributed by atoms with Crippen LogP contribution in [0, 0.1) is 5.92 Å². The molecule has 0 radical (unpaired) electrons. The fourth-order valence-corrected chi connectivity index (χ4v) is 2.80. The standard InChI is InChI=1S/C13H17BrN2O2/c14-12-5-10(13(17)18)1-2-11(12)8-16-4-3-9(6-15)7-16/h1-2,5,9H,3-4,6-8,15H2,(H,17,18). The lowest BCUT2D eigenvalue weighted by atomic mass is 10.1. The van der Waals surface area contributed by atoms with E-state index in [4.69, 9.17) is 10.8 Å². The van der Waals surface area contributed by atoms with Gasteiger partial charge in [0.2, 0.25) is 0 Å². The quantitative estimate of drug-likeness (QED) is 0.891. The molecule has 1 fully saturated rings. The van der Waals surface area contributed by atoms with Crippen LogP contribution < -0.4 is 5.73 Å². The van der Waals surface area contributed by atoms with Crippen LogP contribution in [0.4, 0.5) is 0 Å². The van der Waals surface area contributed by atoms with Gasteiger partial charge in [0.05, 0.1) is 5.56 Å². The van der Waals surface area contributed by atoms with E-state index in [2.05, 4.69) is 20.8 Å². The Balaban J connectivity index is 2.04. The van der Waals surface area contributed by atoms with Crippen molar-refractivity contribution in [1.29, 1.82) is 0 Å². The number of nitrogens with zero attached hydrogens (tertiary/aromatic N) is 1. The highest BCUT2D eigenvalue weighted by atomic mass is 79.9. The van der Waals surface area contributed by atoms with Crippen LogP contribution in [0.2, 0.25) is 0 Å². The van der Waals surface area contributed by atoms with Crippen LogP contribution in [-0.2, 0) is 6.54 Å². The molecule has 0 amide bonds. The summed E-state index contributed by atoms with van der Waals surface area (Å²) in [5.74, 6) is -0.298. The van der Waals surface area contributed by atoms with Crippen molar-refractivity contribution in [2.75, 3.05) is 19.6 Å². The maximum Gasteiger partial charge on any atom is 0.335 e. The predicted octanol–water partition coefficient (Wildman–Crippen LogP) is 1.93. The number of carbonyl (C=O) groups is 1. The molecule has 1 aliphatic heterocycles. The van der Waals surface area contributed by atoms with E-state index in [1.807, 2.05) is 6.07 Å². The number of halogens is 1. The molecule has 1 unspecified atom stereocenters. The number of likely N-dealkylation sites (tertiary alicyclic amines) is 1. The zero-order chi connectivity index (χ0) is 13.1. The molecule has 5 heteroatoms. The molecule has 0 saturated carbocycles. The molecule has 3 N–H and O–H groups in total. The maximum absolute atomic E-state index is 10.8. The van der Waals surface area contributed by atoms with Crippen molar-refractivity contribution >= 4 is 21.9 Å². The molecule has 1 aromatic carbocycles. The largest absolute Gasteiger partial charge is 0.478 e. The van der Waals surface area contributed by atoms with E-state index in [1.165, 1.54) is 0 Å². The number of hydrogen-bond acceptors (Lipinski definition) is 3. The molecule has 1 aliphatic rings. The predicted molar refractivity (Wildman–Crippen MR) is 73.5 cm³/mol. The van der Waals surface area contributed by atoms with Gasteiger partial charge >= 0.3 is 5.97 Å². The molecule has 0 bridgehead atoms. The normalized spacial score (nSPS) is 20.2. The first kappa shape index (κ1) is 13.5. The van der Waals surface area contributed by atoms with Gasteiger partial charge in [0, 0.05) is 17.6 Å². The van der Waals surface area contributed by atoms with E-state index in [0.717, 1.165) is 42.6 Å². The van der Waals surface area contributed by atoms with Gasteiger partial charge in [0.25, 0.3) is 0 Å². The summed E-state index contributed by atoms with van der Waals surface area (Å²) in [7, 11) is 0. The van der Waals surface area contributed by atoms with Crippen molar-refractivity contribution in [2.45, 2.75) is 13.0 Å². The zero-order valence-corrected chi connectivity index (χ0v) is 11.7. The second kappa shape index (κ2) is 5.82. The van der Waals surface area contributed by atoms with Crippen LogP contribution >= 0.6 is 15.9 Å². The number of rotatable bonds is 4. The smallest absolute Gasteiger partial charge is 0.335 e. The number of aromatic carboxylic acids is 1. The fraction of sp³-hybridized carbons (Fsp3) is 0.462. The van der Waals surface area contributed by atoms with Gasteiger partial charge in [-0.25, -0.2) is 4.79 Å². The number of carboxylic acids is 1. The molecule has 0 spiro atoms. The molecule has 1 saturated heterocycles. The fourth-order valence-electron chi connectivity index (χ4n) is 2.30. The van der Waals surface area contributed by atoms with E-state index < -0.39 is 5.97 Å². The molecular formula is C13H17BrN2O2. The summed E-state index contributed by atoms with van der Waals surface area (Å²) in [6, 6.07) is 5.19. The summed E-state index contributed by atoms with van der Waals surface area (Å²) in [6.45, 7) is 3.69. The SMILES string of the molecule is NCC1CCN(Cc2ccc(C(=O)O)cc2Br)C1. The first-order chi connectivity index (χ1) is 8.60. The minimum atomic E-state index is -0.897. The highest BCUT2D eigenvalue weighted by Gasteiger charge is 2.21. The van der Waals surface area contributed by atoms with Gasteiger partial charge in [-0.1, -0.05) is 22.0 Å². The van der Waals surface area contributed by atoms with Gasteiger partial charge in [-0.3, -0.25) is 4.90 Å². The summed E-state index contributed by atoms with van der Waals surface area (Å²) < 4.78 is 0.860. The summed E-state index contributed by atoms with van der Waals surface area (Å²) >= 11 is 3.44. The second-order valence-electron chi connectivity index (χ2n) is 4.74. The van der Waals surface area contributed by atoms with Gasteiger partial charge in [0.15, 0.2) is 0 Å². The Morgan fingerprint density at radius 2 is 2.33 bits per heavy atom. The van der Waals surface area contributed by atoms with Gasteiger partial charge in [0.1, 0.15) is 0 Å². The van der Waals surface area contributed by atoms with E-state index in [9.17, 15) is 4.79 Å². The average molecular weight is 313 g/mol. The molecule has 2 rings (SSSR count). The summed E-state index contributed by atoms with van der Waals surface area (Å²) in [4.78, 5) is 13.2. The van der Waals surface area contributed by atoms with Crippen LogP contribution in [0.15, 0.2) is 22.7 Å². The highest BCUT2D eigenvalue weighted by Crippen LogP contribution is 2.23. The van der Waals surface area contributed by atoms with Crippen molar-refractivity contribution in [3.63, 3.8) is 0 Å². The zero-order valence-electron chi connectivity index (χ0n) is 10.1. The van der Waals surface area contributed by atoms with Crippen LogP contribution in [0.1, 0.15) is 22.3 Å². The average Bonchev–Trinajstić information content (AvgIpc) is 2.79. The van der Waals surface area contributed by atoms with Crippen molar-refractivity contribution < 1.29 is 9.90 Å². The Kier molecular flexibility index (Phi) is 4.37. The van der Waals surface area contributed by atoms with E-state index in [1.54, 1.807) is 12.1 Å². The second-order valence-corrected chi connectivity index (χ2v) is 5.59. The number of hydrogen-bond donors (Lipinski definition) is 2.